The number of carbonyl (C=O) groups is 1. The second kappa shape index (κ2) is 7.25. The summed E-state index contributed by atoms with van der Waals surface area (Å²) in [5, 5.41) is 2.41. The van der Waals surface area contributed by atoms with Crippen LogP contribution in [0.1, 0.15) is 12.5 Å². The van der Waals surface area contributed by atoms with Crippen LogP contribution in [0.15, 0.2) is 48.5 Å². The molecular formula is C17H16F3NO3. The number of benzene rings is 2. The van der Waals surface area contributed by atoms with E-state index in [1.54, 1.807) is 24.3 Å². The van der Waals surface area contributed by atoms with Crippen molar-refractivity contribution in [3.8, 4) is 11.5 Å². The molecule has 1 N–H and O–H groups in total. The SMILES string of the molecule is COc1ccc(O[C@H](C)C(=O)Nc2cccc(C(F)(F)F)c2)cc1. The Kier molecular flexibility index (Phi) is 5.33. The topological polar surface area (TPSA) is 47.6 Å². The zero-order valence-electron chi connectivity index (χ0n) is 13.1. The first-order valence-electron chi connectivity index (χ1n) is 7.08. The second-order valence-electron chi connectivity index (χ2n) is 5.00. The fourth-order valence-electron chi connectivity index (χ4n) is 1.93. The number of hydrogen-bond donors (Lipinski definition) is 1. The van der Waals surface area contributed by atoms with E-state index in [0.717, 1.165) is 12.1 Å². The van der Waals surface area contributed by atoms with Crippen molar-refractivity contribution in [3.63, 3.8) is 0 Å². The van der Waals surface area contributed by atoms with Gasteiger partial charge in [-0.15, -0.1) is 0 Å². The Morgan fingerprint density at radius 2 is 1.71 bits per heavy atom. The lowest BCUT2D eigenvalue weighted by molar-refractivity contribution is -0.137. The van der Waals surface area contributed by atoms with E-state index in [0.29, 0.717) is 11.5 Å². The highest BCUT2D eigenvalue weighted by Crippen LogP contribution is 2.30. The number of ether oxygens (including phenoxy) is 2. The number of anilines is 1. The molecule has 0 heterocycles. The van der Waals surface area contributed by atoms with Gasteiger partial charge in [-0.25, -0.2) is 0 Å². The van der Waals surface area contributed by atoms with Crippen molar-refractivity contribution in [3.05, 3.63) is 54.1 Å². The first-order valence-corrected chi connectivity index (χ1v) is 7.08. The van der Waals surface area contributed by atoms with Crippen LogP contribution < -0.4 is 14.8 Å². The van der Waals surface area contributed by atoms with E-state index in [9.17, 15) is 18.0 Å². The fraction of sp³-hybridized carbons (Fsp3) is 0.235. The molecule has 0 aliphatic carbocycles. The van der Waals surface area contributed by atoms with Gasteiger partial charge in [0.25, 0.3) is 5.91 Å². The summed E-state index contributed by atoms with van der Waals surface area (Å²) >= 11 is 0. The maximum atomic E-state index is 12.7. The van der Waals surface area contributed by atoms with Crippen molar-refractivity contribution in [2.75, 3.05) is 12.4 Å². The van der Waals surface area contributed by atoms with Gasteiger partial charge in [-0.3, -0.25) is 4.79 Å². The number of hydrogen-bond acceptors (Lipinski definition) is 3. The summed E-state index contributed by atoms with van der Waals surface area (Å²) in [6.45, 7) is 1.51. The highest BCUT2D eigenvalue weighted by molar-refractivity contribution is 5.94. The molecule has 24 heavy (non-hydrogen) atoms. The largest absolute Gasteiger partial charge is 0.497 e. The molecule has 0 fully saturated rings. The van der Waals surface area contributed by atoms with E-state index >= 15 is 0 Å². The number of rotatable bonds is 5. The van der Waals surface area contributed by atoms with Gasteiger partial charge in [0.2, 0.25) is 0 Å². The molecule has 2 aromatic rings. The Morgan fingerprint density at radius 3 is 2.29 bits per heavy atom. The maximum absolute atomic E-state index is 12.7. The van der Waals surface area contributed by atoms with Crippen LogP contribution in [0.3, 0.4) is 0 Å². The normalized spacial score (nSPS) is 12.4. The van der Waals surface area contributed by atoms with Crippen LogP contribution in [0.5, 0.6) is 11.5 Å². The molecule has 0 aromatic heterocycles. The van der Waals surface area contributed by atoms with Gasteiger partial charge >= 0.3 is 6.18 Å². The molecule has 0 aliphatic heterocycles. The van der Waals surface area contributed by atoms with E-state index < -0.39 is 23.8 Å². The van der Waals surface area contributed by atoms with E-state index in [1.807, 2.05) is 0 Å². The van der Waals surface area contributed by atoms with Gasteiger partial charge in [-0.2, -0.15) is 13.2 Å². The number of alkyl halides is 3. The van der Waals surface area contributed by atoms with Crippen LogP contribution in [0.2, 0.25) is 0 Å². The molecule has 1 atom stereocenters. The third kappa shape index (κ3) is 4.65. The smallest absolute Gasteiger partial charge is 0.416 e. The number of amides is 1. The summed E-state index contributed by atoms with van der Waals surface area (Å²) in [6.07, 6.45) is -5.35. The first-order chi connectivity index (χ1) is 11.3. The Morgan fingerprint density at radius 1 is 1.08 bits per heavy atom. The quantitative estimate of drug-likeness (QED) is 0.891. The minimum Gasteiger partial charge on any atom is -0.497 e. The van der Waals surface area contributed by atoms with Crippen LogP contribution in [0.4, 0.5) is 18.9 Å². The molecule has 0 radical (unpaired) electrons. The lowest BCUT2D eigenvalue weighted by atomic mass is 10.2. The molecule has 4 nitrogen and oxygen atoms in total. The van der Waals surface area contributed by atoms with E-state index in [1.165, 1.54) is 26.2 Å². The molecule has 0 spiro atoms. The average Bonchev–Trinajstić information content (AvgIpc) is 2.55. The monoisotopic (exact) mass is 339 g/mol. The van der Waals surface area contributed by atoms with Crippen molar-refractivity contribution < 1.29 is 27.4 Å². The number of halogens is 3. The highest BCUT2D eigenvalue weighted by atomic mass is 19.4. The molecule has 2 aromatic carbocycles. The predicted molar refractivity (Wildman–Crippen MR) is 83.2 cm³/mol. The van der Waals surface area contributed by atoms with Crippen molar-refractivity contribution in [1.29, 1.82) is 0 Å². The molecule has 7 heteroatoms. The van der Waals surface area contributed by atoms with Gasteiger partial charge < -0.3 is 14.8 Å². The van der Waals surface area contributed by atoms with E-state index in [-0.39, 0.29) is 5.69 Å². The standard InChI is InChI=1S/C17H16F3NO3/c1-11(24-15-8-6-14(23-2)7-9-15)16(22)21-13-5-3-4-12(10-13)17(18,19)20/h3-11H,1-2H3,(H,21,22)/t11-/m1/s1. The summed E-state index contributed by atoms with van der Waals surface area (Å²) in [5.41, 5.74) is -0.774. The molecular weight excluding hydrogens is 323 g/mol. The van der Waals surface area contributed by atoms with Gasteiger partial charge in [0.1, 0.15) is 11.5 Å². The summed E-state index contributed by atoms with van der Waals surface area (Å²) in [4.78, 5) is 12.1. The van der Waals surface area contributed by atoms with E-state index in [2.05, 4.69) is 5.32 Å². The van der Waals surface area contributed by atoms with Crippen LogP contribution in [0, 0.1) is 0 Å². The van der Waals surface area contributed by atoms with Crippen LogP contribution in [-0.4, -0.2) is 19.1 Å². The first kappa shape index (κ1) is 17.7. The van der Waals surface area contributed by atoms with Gasteiger partial charge in [0.15, 0.2) is 6.10 Å². The average molecular weight is 339 g/mol. The lowest BCUT2D eigenvalue weighted by Crippen LogP contribution is -2.30. The minimum atomic E-state index is -4.47. The van der Waals surface area contributed by atoms with Crippen LogP contribution in [0.25, 0.3) is 0 Å². The number of methoxy groups -OCH3 is 1. The molecule has 128 valence electrons. The van der Waals surface area contributed by atoms with Crippen LogP contribution >= 0.6 is 0 Å². The Bertz CT molecular complexity index is 699. The summed E-state index contributed by atoms with van der Waals surface area (Å²) in [7, 11) is 1.53. The Balaban J connectivity index is 2.00. The van der Waals surface area contributed by atoms with E-state index in [4.69, 9.17) is 9.47 Å². The number of nitrogens with one attached hydrogen (secondary N) is 1. The molecule has 0 bridgehead atoms. The molecule has 1 amide bonds. The molecule has 0 unspecified atom stereocenters. The zero-order valence-corrected chi connectivity index (χ0v) is 13.1. The Hall–Kier alpha value is -2.70. The van der Waals surface area contributed by atoms with Gasteiger partial charge in [-0.1, -0.05) is 6.07 Å². The van der Waals surface area contributed by atoms with Gasteiger partial charge in [0.05, 0.1) is 12.7 Å². The molecule has 0 saturated heterocycles. The van der Waals surface area contributed by atoms with Crippen molar-refractivity contribution in [2.45, 2.75) is 19.2 Å². The minimum absolute atomic E-state index is 0.0556. The molecule has 0 aliphatic rings. The third-order valence-corrected chi connectivity index (χ3v) is 3.20. The summed E-state index contributed by atoms with van der Waals surface area (Å²) < 4.78 is 48.5. The maximum Gasteiger partial charge on any atom is 0.416 e. The van der Waals surface area contributed by atoms with Crippen LogP contribution in [-0.2, 0) is 11.0 Å². The fourth-order valence-corrected chi connectivity index (χ4v) is 1.93. The third-order valence-electron chi connectivity index (χ3n) is 3.20. The van der Waals surface area contributed by atoms with Crippen molar-refractivity contribution in [2.24, 2.45) is 0 Å². The highest BCUT2D eigenvalue weighted by Gasteiger charge is 2.30. The second-order valence-corrected chi connectivity index (χ2v) is 5.00. The van der Waals surface area contributed by atoms with Gasteiger partial charge in [-0.05, 0) is 49.4 Å². The Labute approximate surface area is 137 Å². The lowest BCUT2D eigenvalue weighted by Gasteiger charge is -2.15. The van der Waals surface area contributed by atoms with Crippen molar-refractivity contribution >= 4 is 11.6 Å². The van der Waals surface area contributed by atoms with Crippen molar-refractivity contribution in [1.82, 2.24) is 0 Å². The summed E-state index contributed by atoms with van der Waals surface area (Å²) in [6, 6.07) is 11.0. The molecule has 0 saturated carbocycles. The summed E-state index contributed by atoms with van der Waals surface area (Å²) in [5.74, 6) is 0.538. The van der Waals surface area contributed by atoms with Gasteiger partial charge in [0, 0.05) is 5.69 Å². The predicted octanol–water partition coefficient (Wildman–Crippen LogP) is 4.12. The zero-order chi connectivity index (χ0) is 17.7. The molecule has 2 rings (SSSR count). The number of carbonyl (C=O) groups excluding carboxylic acids is 1.